The minimum absolute atomic E-state index is 0.0689. The highest BCUT2D eigenvalue weighted by molar-refractivity contribution is 5.71. The average Bonchev–Trinajstić information content (AvgIpc) is 3.31. The van der Waals surface area contributed by atoms with E-state index in [4.69, 9.17) is 14.2 Å². The molecule has 0 aliphatic carbocycles. The molecule has 6 heteroatoms. The summed E-state index contributed by atoms with van der Waals surface area (Å²) in [5, 5.41) is 0. The van der Waals surface area contributed by atoms with Crippen molar-refractivity contribution < 1.29 is 28.6 Å². The van der Waals surface area contributed by atoms with Gasteiger partial charge in [-0.3, -0.25) is 14.4 Å². The first-order valence-corrected chi connectivity index (χ1v) is 29.3. The van der Waals surface area contributed by atoms with Crippen LogP contribution in [0.5, 0.6) is 0 Å². The van der Waals surface area contributed by atoms with E-state index in [-0.39, 0.29) is 31.1 Å². The van der Waals surface area contributed by atoms with Crippen LogP contribution >= 0.6 is 0 Å². The van der Waals surface area contributed by atoms with Crippen LogP contribution in [0.4, 0.5) is 0 Å². The summed E-state index contributed by atoms with van der Waals surface area (Å²) in [5.74, 6) is -0.855. The Morgan fingerprint density at radius 2 is 0.545 bits per heavy atom. The third-order valence-corrected chi connectivity index (χ3v) is 13.2. The standard InChI is InChI=1S/C60H112O6/c1-4-7-10-13-16-19-22-25-27-29-30-32-33-35-38-41-44-47-50-53-59(62)65-56-57(55-64-58(61)52-49-46-43-40-37-24-21-18-15-12-9-6-3)66-60(63)54-51-48-45-42-39-36-34-31-28-26-23-20-17-14-11-8-5-2/h17,20,26,28,57H,4-16,18-19,21-25,27,29-56H2,1-3H3/b20-17-,28-26-. The van der Waals surface area contributed by atoms with Gasteiger partial charge in [-0.25, -0.2) is 0 Å². The van der Waals surface area contributed by atoms with Gasteiger partial charge in [0, 0.05) is 19.3 Å². The van der Waals surface area contributed by atoms with Crippen LogP contribution in [0.15, 0.2) is 24.3 Å². The number of allylic oxidation sites excluding steroid dienone is 4. The molecule has 0 saturated heterocycles. The molecule has 0 radical (unpaired) electrons. The lowest BCUT2D eigenvalue weighted by molar-refractivity contribution is -0.167. The van der Waals surface area contributed by atoms with Crippen molar-refractivity contribution in [2.24, 2.45) is 0 Å². The van der Waals surface area contributed by atoms with E-state index in [1.54, 1.807) is 0 Å². The molecule has 0 aliphatic heterocycles. The number of carbonyl (C=O) groups is 3. The molecule has 0 saturated carbocycles. The first-order valence-electron chi connectivity index (χ1n) is 29.3. The Morgan fingerprint density at radius 3 is 0.864 bits per heavy atom. The van der Waals surface area contributed by atoms with Crippen LogP contribution in [0.2, 0.25) is 0 Å². The van der Waals surface area contributed by atoms with Crippen LogP contribution in [0.25, 0.3) is 0 Å². The molecule has 0 heterocycles. The summed E-state index contributed by atoms with van der Waals surface area (Å²) < 4.78 is 16.9. The van der Waals surface area contributed by atoms with Crippen LogP contribution in [0.1, 0.15) is 323 Å². The van der Waals surface area contributed by atoms with Crippen LogP contribution in [-0.2, 0) is 28.6 Å². The molecule has 0 fully saturated rings. The van der Waals surface area contributed by atoms with E-state index >= 15 is 0 Å². The minimum Gasteiger partial charge on any atom is -0.462 e. The molecular formula is C60H112O6. The Bertz CT molecular complexity index is 1070. The van der Waals surface area contributed by atoms with Gasteiger partial charge in [0.15, 0.2) is 6.10 Å². The molecule has 66 heavy (non-hydrogen) atoms. The molecule has 0 aromatic carbocycles. The summed E-state index contributed by atoms with van der Waals surface area (Å²) in [6.45, 7) is 6.66. The Balaban J connectivity index is 4.30. The molecule has 0 aliphatic rings. The zero-order chi connectivity index (χ0) is 47.9. The van der Waals surface area contributed by atoms with Gasteiger partial charge in [-0.1, -0.05) is 276 Å². The van der Waals surface area contributed by atoms with E-state index < -0.39 is 6.10 Å². The molecule has 0 N–H and O–H groups in total. The first kappa shape index (κ1) is 63.9. The van der Waals surface area contributed by atoms with Crippen molar-refractivity contribution in [1.29, 1.82) is 0 Å². The van der Waals surface area contributed by atoms with Crippen molar-refractivity contribution in [3.8, 4) is 0 Å². The Morgan fingerprint density at radius 1 is 0.303 bits per heavy atom. The molecule has 388 valence electrons. The highest BCUT2D eigenvalue weighted by Gasteiger charge is 2.19. The van der Waals surface area contributed by atoms with Crippen molar-refractivity contribution in [2.75, 3.05) is 13.2 Å². The summed E-state index contributed by atoms with van der Waals surface area (Å²) in [6.07, 6.45) is 64.5. The van der Waals surface area contributed by atoms with Crippen molar-refractivity contribution in [1.82, 2.24) is 0 Å². The van der Waals surface area contributed by atoms with Crippen LogP contribution in [-0.4, -0.2) is 37.2 Å². The molecule has 0 aromatic rings. The minimum atomic E-state index is -0.770. The number of unbranched alkanes of at least 4 members (excludes halogenated alkanes) is 39. The van der Waals surface area contributed by atoms with Gasteiger partial charge < -0.3 is 14.2 Å². The number of rotatable bonds is 54. The van der Waals surface area contributed by atoms with E-state index in [0.717, 1.165) is 70.6 Å². The van der Waals surface area contributed by atoms with Crippen molar-refractivity contribution in [3.63, 3.8) is 0 Å². The van der Waals surface area contributed by atoms with Crippen molar-refractivity contribution in [3.05, 3.63) is 24.3 Å². The molecule has 0 aromatic heterocycles. The van der Waals surface area contributed by atoms with Gasteiger partial charge in [-0.15, -0.1) is 0 Å². The second-order valence-corrected chi connectivity index (χ2v) is 19.9. The third kappa shape index (κ3) is 52.9. The molecule has 0 amide bonds. The van der Waals surface area contributed by atoms with E-state index in [9.17, 15) is 14.4 Å². The molecule has 0 bridgehead atoms. The quantitative estimate of drug-likeness (QED) is 0.0262. The van der Waals surface area contributed by atoms with Gasteiger partial charge >= 0.3 is 17.9 Å². The topological polar surface area (TPSA) is 78.9 Å². The van der Waals surface area contributed by atoms with Crippen LogP contribution in [0.3, 0.4) is 0 Å². The number of hydrogen-bond acceptors (Lipinski definition) is 6. The second kappa shape index (κ2) is 55.5. The molecular weight excluding hydrogens is 817 g/mol. The third-order valence-electron chi connectivity index (χ3n) is 13.2. The average molecular weight is 930 g/mol. The fourth-order valence-corrected chi connectivity index (χ4v) is 8.77. The van der Waals surface area contributed by atoms with Gasteiger partial charge in [0.1, 0.15) is 13.2 Å². The zero-order valence-corrected chi connectivity index (χ0v) is 44.5. The lowest BCUT2D eigenvalue weighted by atomic mass is 10.0. The van der Waals surface area contributed by atoms with E-state index in [1.165, 1.54) is 212 Å². The lowest BCUT2D eigenvalue weighted by Gasteiger charge is -2.18. The van der Waals surface area contributed by atoms with E-state index in [2.05, 4.69) is 45.1 Å². The van der Waals surface area contributed by atoms with Crippen LogP contribution in [0, 0.1) is 0 Å². The van der Waals surface area contributed by atoms with Crippen molar-refractivity contribution in [2.45, 2.75) is 329 Å². The molecule has 0 rings (SSSR count). The second-order valence-electron chi connectivity index (χ2n) is 19.9. The Kier molecular flexibility index (Phi) is 53.7. The smallest absolute Gasteiger partial charge is 0.306 e. The van der Waals surface area contributed by atoms with Gasteiger partial charge in [0.25, 0.3) is 0 Å². The maximum absolute atomic E-state index is 12.8. The van der Waals surface area contributed by atoms with E-state index in [0.29, 0.717) is 19.3 Å². The highest BCUT2D eigenvalue weighted by Crippen LogP contribution is 2.17. The SMILES string of the molecule is CCCCC/C=C\C/C=C\CCCCCCCCCC(=O)OC(COC(=O)CCCCCCCCCCCCCC)COC(=O)CCCCCCCCCCCCCCCCCCCCC. The fourth-order valence-electron chi connectivity index (χ4n) is 8.77. The van der Waals surface area contributed by atoms with E-state index in [1.807, 2.05) is 0 Å². The van der Waals surface area contributed by atoms with Crippen molar-refractivity contribution >= 4 is 17.9 Å². The number of carbonyl (C=O) groups excluding carboxylic acids is 3. The summed E-state index contributed by atoms with van der Waals surface area (Å²) in [6, 6.07) is 0. The molecule has 0 spiro atoms. The molecule has 1 unspecified atom stereocenters. The van der Waals surface area contributed by atoms with Gasteiger partial charge in [-0.2, -0.15) is 0 Å². The largest absolute Gasteiger partial charge is 0.462 e. The summed E-state index contributed by atoms with van der Waals surface area (Å²) in [5.41, 5.74) is 0. The lowest BCUT2D eigenvalue weighted by Crippen LogP contribution is -2.30. The molecule has 1 atom stereocenters. The predicted octanol–water partition coefficient (Wildman–Crippen LogP) is 19.5. The fraction of sp³-hybridized carbons (Fsp3) is 0.883. The summed E-state index contributed by atoms with van der Waals surface area (Å²) >= 11 is 0. The summed E-state index contributed by atoms with van der Waals surface area (Å²) in [7, 11) is 0. The van der Waals surface area contributed by atoms with Gasteiger partial charge in [-0.05, 0) is 51.4 Å². The maximum Gasteiger partial charge on any atom is 0.306 e. The highest BCUT2D eigenvalue weighted by atomic mass is 16.6. The molecule has 6 nitrogen and oxygen atoms in total. The Labute approximate surface area is 411 Å². The van der Waals surface area contributed by atoms with Gasteiger partial charge in [0.2, 0.25) is 0 Å². The van der Waals surface area contributed by atoms with Crippen LogP contribution < -0.4 is 0 Å². The maximum atomic E-state index is 12.8. The number of ether oxygens (including phenoxy) is 3. The monoisotopic (exact) mass is 929 g/mol. The summed E-state index contributed by atoms with van der Waals surface area (Å²) in [4.78, 5) is 38.1. The zero-order valence-electron chi connectivity index (χ0n) is 44.5. The number of esters is 3. The normalized spacial score (nSPS) is 12.1. The Hall–Kier alpha value is -2.11. The first-order chi connectivity index (χ1) is 32.5. The van der Waals surface area contributed by atoms with Gasteiger partial charge in [0.05, 0.1) is 0 Å². The predicted molar refractivity (Wildman–Crippen MR) is 284 cm³/mol. The number of hydrogen-bond donors (Lipinski definition) is 0.